The van der Waals surface area contributed by atoms with E-state index in [1.165, 1.54) is 0 Å². The zero-order valence-electron chi connectivity index (χ0n) is 10.5. The summed E-state index contributed by atoms with van der Waals surface area (Å²) in [5.74, 6) is 0.485. The van der Waals surface area contributed by atoms with Crippen molar-refractivity contribution in [2.24, 2.45) is 0 Å². The van der Waals surface area contributed by atoms with E-state index in [1.807, 2.05) is 6.92 Å². The van der Waals surface area contributed by atoms with Crippen LogP contribution in [0.15, 0.2) is 12.4 Å². The number of anilines is 1. The number of aromatic nitrogens is 2. The fraction of sp³-hybridized carbons (Fsp3) is 0.600. The molecule has 0 fully saturated rings. The third-order valence-electron chi connectivity index (χ3n) is 1.93. The molecule has 0 unspecified atom stereocenters. The molecule has 0 spiro atoms. The van der Waals surface area contributed by atoms with Crippen molar-refractivity contribution in [2.75, 3.05) is 18.1 Å². The Morgan fingerprint density at radius 2 is 1.82 bits per heavy atom. The van der Waals surface area contributed by atoms with Crippen LogP contribution >= 0.6 is 0 Å². The normalized spacial score (nSPS) is 12.5. The monoisotopic (exact) mass is 258 g/mol. The first-order valence-corrected chi connectivity index (χ1v) is 7.09. The molecule has 1 rings (SSSR count). The summed E-state index contributed by atoms with van der Waals surface area (Å²) in [6, 6.07) is 0. The Morgan fingerprint density at radius 3 is 2.29 bits per heavy atom. The lowest BCUT2D eigenvalue weighted by atomic mass is 10.1. The van der Waals surface area contributed by atoms with Gasteiger partial charge in [-0.1, -0.05) is 0 Å². The smallest absolute Gasteiger partial charge is 0.222 e. The van der Waals surface area contributed by atoms with E-state index >= 15 is 0 Å². The van der Waals surface area contributed by atoms with Crippen LogP contribution in [0.25, 0.3) is 0 Å². The quantitative estimate of drug-likeness (QED) is 0.804. The number of hydrogen-bond acceptors (Lipinski definition) is 5. The standard InChI is InChI=1S/C10H18N4O2S/c1-8-5-11-9(12-6-8)13-7-10(2,3)14-17(4,15)16/h5-6,14H,7H2,1-4H3,(H,11,12,13). The summed E-state index contributed by atoms with van der Waals surface area (Å²) < 4.78 is 24.8. The molecule has 2 N–H and O–H groups in total. The summed E-state index contributed by atoms with van der Waals surface area (Å²) in [5, 5.41) is 2.99. The van der Waals surface area contributed by atoms with Crippen molar-refractivity contribution in [3.63, 3.8) is 0 Å². The zero-order valence-corrected chi connectivity index (χ0v) is 11.3. The highest BCUT2D eigenvalue weighted by Crippen LogP contribution is 2.06. The van der Waals surface area contributed by atoms with Crippen LogP contribution in [0.3, 0.4) is 0 Å². The predicted octanol–water partition coefficient (Wildman–Crippen LogP) is 0.525. The van der Waals surface area contributed by atoms with Crippen LogP contribution in [0.1, 0.15) is 19.4 Å². The van der Waals surface area contributed by atoms with Crippen molar-refractivity contribution in [3.8, 4) is 0 Å². The summed E-state index contributed by atoms with van der Waals surface area (Å²) in [6.45, 7) is 5.88. The first kappa shape index (κ1) is 13.9. The first-order valence-electron chi connectivity index (χ1n) is 5.19. The van der Waals surface area contributed by atoms with Gasteiger partial charge in [-0.05, 0) is 26.3 Å². The van der Waals surface area contributed by atoms with E-state index in [4.69, 9.17) is 0 Å². The van der Waals surface area contributed by atoms with E-state index in [-0.39, 0.29) is 0 Å². The van der Waals surface area contributed by atoms with Gasteiger partial charge in [0.2, 0.25) is 16.0 Å². The number of rotatable bonds is 5. The van der Waals surface area contributed by atoms with Crippen molar-refractivity contribution in [1.82, 2.24) is 14.7 Å². The molecule has 0 aliphatic carbocycles. The summed E-state index contributed by atoms with van der Waals surface area (Å²) in [4.78, 5) is 8.16. The van der Waals surface area contributed by atoms with Gasteiger partial charge in [0.05, 0.1) is 6.26 Å². The molecular formula is C10H18N4O2S. The number of nitrogens with one attached hydrogen (secondary N) is 2. The maximum absolute atomic E-state index is 11.1. The molecule has 96 valence electrons. The fourth-order valence-corrected chi connectivity index (χ4v) is 2.40. The average molecular weight is 258 g/mol. The molecule has 17 heavy (non-hydrogen) atoms. The Kier molecular flexibility index (Phi) is 4.05. The van der Waals surface area contributed by atoms with Gasteiger partial charge in [-0.3, -0.25) is 0 Å². The van der Waals surface area contributed by atoms with Gasteiger partial charge in [0.15, 0.2) is 0 Å². The molecule has 0 radical (unpaired) electrons. The summed E-state index contributed by atoms with van der Waals surface area (Å²) >= 11 is 0. The minimum Gasteiger partial charge on any atom is -0.352 e. The SMILES string of the molecule is Cc1cnc(NCC(C)(C)NS(C)(=O)=O)nc1. The van der Waals surface area contributed by atoms with E-state index in [2.05, 4.69) is 20.0 Å². The molecule has 0 saturated heterocycles. The summed E-state index contributed by atoms with van der Waals surface area (Å²) in [6.07, 6.45) is 4.54. The molecule has 0 bridgehead atoms. The molecule has 7 heteroatoms. The van der Waals surface area contributed by atoms with E-state index in [0.717, 1.165) is 11.8 Å². The second kappa shape index (κ2) is 4.97. The highest BCUT2D eigenvalue weighted by atomic mass is 32.2. The largest absolute Gasteiger partial charge is 0.352 e. The Morgan fingerprint density at radius 1 is 1.29 bits per heavy atom. The van der Waals surface area contributed by atoms with Gasteiger partial charge in [-0.2, -0.15) is 0 Å². The molecule has 0 aliphatic rings. The van der Waals surface area contributed by atoms with Crippen LogP contribution in [0.2, 0.25) is 0 Å². The minimum atomic E-state index is -3.22. The Balaban J connectivity index is 2.58. The molecular weight excluding hydrogens is 240 g/mol. The number of sulfonamides is 1. The van der Waals surface area contributed by atoms with Crippen LogP contribution in [-0.2, 0) is 10.0 Å². The average Bonchev–Trinajstić information content (AvgIpc) is 2.13. The van der Waals surface area contributed by atoms with Crippen LogP contribution in [0.4, 0.5) is 5.95 Å². The van der Waals surface area contributed by atoms with Crippen LogP contribution in [-0.4, -0.2) is 36.7 Å². The third-order valence-corrected chi connectivity index (χ3v) is 2.85. The van der Waals surface area contributed by atoms with Crippen molar-refractivity contribution >= 4 is 16.0 Å². The van der Waals surface area contributed by atoms with Crippen molar-refractivity contribution in [3.05, 3.63) is 18.0 Å². The van der Waals surface area contributed by atoms with Crippen LogP contribution in [0.5, 0.6) is 0 Å². The Bertz CT molecular complexity index is 468. The van der Waals surface area contributed by atoms with Gasteiger partial charge < -0.3 is 5.32 Å². The van der Waals surface area contributed by atoms with Crippen molar-refractivity contribution < 1.29 is 8.42 Å². The van der Waals surface area contributed by atoms with E-state index in [9.17, 15) is 8.42 Å². The number of nitrogens with zero attached hydrogens (tertiary/aromatic N) is 2. The van der Waals surface area contributed by atoms with Gasteiger partial charge in [0.25, 0.3) is 0 Å². The van der Waals surface area contributed by atoms with Crippen molar-refractivity contribution in [1.29, 1.82) is 0 Å². The van der Waals surface area contributed by atoms with Gasteiger partial charge in [0.1, 0.15) is 0 Å². The van der Waals surface area contributed by atoms with Gasteiger partial charge in [-0.25, -0.2) is 23.1 Å². The topological polar surface area (TPSA) is 84.0 Å². The van der Waals surface area contributed by atoms with Gasteiger partial charge >= 0.3 is 0 Å². The lowest BCUT2D eigenvalue weighted by molar-refractivity contribution is 0.475. The third kappa shape index (κ3) is 5.60. The second-order valence-electron chi connectivity index (χ2n) is 4.70. The van der Waals surface area contributed by atoms with Crippen molar-refractivity contribution in [2.45, 2.75) is 26.3 Å². The molecule has 0 saturated carbocycles. The Hall–Kier alpha value is -1.21. The molecule has 1 aromatic heterocycles. The molecule has 1 aromatic rings. The maximum Gasteiger partial charge on any atom is 0.222 e. The highest BCUT2D eigenvalue weighted by Gasteiger charge is 2.21. The highest BCUT2D eigenvalue weighted by molar-refractivity contribution is 7.88. The van der Waals surface area contributed by atoms with E-state index < -0.39 is 15.6 Å². The Labute approximate surface area is 102 Å². The molecule has 0 atom stereocenters. The van der Waals surface area contributed by atoms with Crippen LogP contribution in [0, 0.1) is 6.92 Å². The van der Waals surface area contributed by atoms with Gasteiger partial charge in [-0.15, -0.1) is 0 Å². The lowest BCUT2D eigenvalue weighted by Gasteiger charge is -2.25. The molecule has 6 nitrogen and oxygen atoms in total. The number of hydrogen-bond donors (Lipinski definition) is 2. The summed E-state index contributed by atoms with van der Waals surface area (Å²) in [5.41, 5.74) is 0.381. The van der Waals surface area contributed by atoms with E-state index in [0.29, 0.717) is 12.5 Å². The zero-order chi connectivity index (χ0) is 13.1. The number of aryl methyl sites for hydroxylation is 1. The van der Waals surface area contributed by atoms with E-state index in [1.54, 1.807) is 26.2 Å². The predicted molar refractivity (Wildman–Crippen MR) is 67.3 cm³/mol. The molecule has 0 aromatic carbocycles. The van der Waals surface area contributed by atoms with Crippen LogP contribution < -0.4 is 10.0 Å². The molecule has 1 heterocycles. The molecule has 0 amide bonds. The minimum absolute atomic E-state index is 0.406. The first-order chi connectivity index (χ1) is 7.68. The maximum atomic E-state index is 11.1. The lowest BCUT2D eigenvalue weighted by Crippen LogP contribution is -2.47. The second-order valence-corrected chi connectivity index (χ2v) is 6.44. The van der Waals surface area contributed by atoms with Gasteiger partial charge in [0, 0.05) is 24.5 Å². The molecule has 0 aliphatic heterocycles. The fourth-order valence-electron chi connectivity index (χ4n) is 1.32. The summed E-state index contributed by atoms with van der Waals surface area (Å²) in [7, 11) is -3.22.